The van der Waals surface area contributed by atoms with E-state index in [0.717, 1.165) is 6.07 Å². The van der Waals surface area contributed by atoms with Crippen LogP contribution in [0.2, 0.25) is 10.0 Å². The molecule has 2 N–H and O–H groups in total. The Labute approximate surface area is 209 Å². The Kier molecular flexibility index (Phi) is 5.62. The van der Waals surface area contributed by atoms with Gasteiger partial charge in [0.2, 0.25) is 5.91 Å². The van der Waals surface area contributed by atoms with E-state index < -0.39 is 35.0 Å². The summed E-state index contributed by atoms with van der Waals surface area (Å²) in [7, 11) is 0. The largest absolute Gasteiger partial charge is 0.416 e. The molecule has 0 saturated carbocycles. The predicted octanol–water partition coefficient (Wildman–Crippen LogP) is 7.05. The van der Waals surface area contributed by atoms with Crippen molar-refractivity contribution in [1.82, 2.24) is 5.32 Å². The van der Waals surface area contributed by atoms with E-state index in [1.165, 1.54) is 18.2 Å². The Bertz CT molecular complexity index is 1330. The van der Waals surface area contributed by atoms with Crippen LogP contribution >= 0.6 is 35.4 Å². The molecule has 1 saturated heterocycles. The summed E-state index contributed by atoms with van der Waals surface area (Å²) in [5.74, 6) is -1.000. The third-order valence-electron chi connectivity index (χ3n) is 6.58. The molecule has 2 heterocycles. The van der Waals surface area contributed by atoms with Gasteiger partial charge >= 0.3 is 6.18 Å². The Hall–Kier alpha value is -2.61. The predicted molar refractivity (Wildman–Crippen MR) is 130 cm³/mol. The van der Waals surface area contributed by atoms with Gasteiger partial charge in [-0.2, -0.15) is 13.2 Å². The lowest BCUT2D eigenvalue weighted by Gasteiger charge is -2.48. The molecular formula is C25H17Cl2F3N2OS. The topological polar surface area (TPSA) is 41.1 Å². The quantitative estimate of drug-likeness (QED) is 0.355. The highest BCUT2D eigenvalue weighted by molar-refractivity contribution is 7.80. The molecule has 0 bridgehead atoms. The Balaban J connectivity index is 1.84. The molecule has 3 nitrogen and oxygen atoms in total. The fraction of sp³-hybridized carbons (Fsp3) is 0.200. The Morgan fingerprint density at radius 3 is 2.44 bits per heavy atom. The lowest BCUT2D eigenvalue weighted by atomic mass is 9.59. The van der Waals surface area contributed by atoms with Gasteiger partial charge in [0.1, 0.15) is 5.41 Å². The second-order valence-electron chi connectivity index (χ2n) is 8.41. The molecule has 9 heteroatoms. The maximum absolute atomic E-state index is 14.1. The van der Waals surface area contributed by atoms with Gasteiger partial charge in [-0.3, -0.25) is 4.79 Å². The van der Waals surface area contributed by atoms with E-state index in [1.807, 2.05) is 6.07 Å². The average molecular weight is 521 g/mol. The van der Waals surface area contributed by atoms with Crippen molar-refractivity contribution < 1.29 is 18.0 Å². The van der Waals surface area contributed by atoms with Gasteiger partial charge in [0.05, 0.1) is 16.6 Å². The van der Waals surface area contributed by atoms with Crippen molar-refractivity contribution in [3.63, 3.8) is 0 Å². The number of hydrogen-bond donors (Lipinski definition) is 2. The van der Waals surface area contributed by atoms with Crippen LogP contribution in [0.25, 0.3) is 0 Å². The molecule has 174 valence electrons. The van der Waals surface area contributed by atoms with Crippen LogP contribution in [0.4, 0.5) is 18.9 Å². The van der Waals surface area contributed by atoms with E-state index in [0.29, 0.717) is 31.8 Å². The third kappa shape index (κ3) is 3.58. The van der Waals surface area contributed by atoms with Crippen LogP contribution in [0, 0.1) is 0 Å². The highest BCUT2D eigenvalue weighted by Gasteiger charge is 2.61. The van der Waals surface area contributed by atoms with Crippen molar-refractivity contribution in [3.8, 4) is 0 Å². The molecular weight excluding hydrogens is 504 g/mol. The molecule has 0 aromatic heterocycles. The zero-order chi connectivity index (χ0) is 24.3. The van der Waals surface area contributed by atoms with Crippen molar-refractivity contribution in [1.29, 1.82) is 0 Å². The minimum absolute atomic E-state index is 0.0537. The molecule has 2 aliphatic rings. The monoisotopic (exact) mass is 520 g/mol. The average Bonchev–Trinajstić information content (AvgIpc) is 3.06. The highest BCUT2D eigenvalue weighted by Crippen LogP contribution is 2.58. The van der Waals surface area contributed by atoms with Gasteiger partial charge in [-0.1, -0.05) is 71.8 Å². The first-order valence-electron chi connectivity index (χ1n) is 10.4. The van der Waals surface area contributed by atoms with E-state index in [4.69, 9.17) is 35.4 Å². The van der Waals surface area contributed by atoms with Crippen molar-refractivity contribution >= 4 is 52.0 Å². The Morgan fingerprint density at radius 1 is 0.971 bits per heavy atom. The van der Waals surface area contributed by atoms with Crippen LogP contribution in [0.5, 0.6) is 0 Å². The minimum atomic E-state index is -4.62. The third-order valence-corrected chi connectivity index (χ3v) is 7.33. The normalized spacial score (nSPS) is 24.0. The number of amides is 1. The number of alkyl halides is 3. The molecule has 2 aliphatic heterocycles. The van der Waals surface area contributed by atoms with Crippen molar-refractivity contribution in [2.24, 2.45) is 0 Å². The van der Waals surface area contributed by atoms with Gasteiger partial charge in [-0.05, 0) is 47.0 Å². The van der Waals surface area contributed by atoms with Crippen molar-refractivity contribution in [2.45, 2.75) is 30.0 Å². The standard InChI is InChI=1S/C25H17Cl2F3N2OS/c26-14-5-3-4-13(10-14)19-12-21(34)32-22(16-6-1-2-7-17(16)25(28,29)30)24(19)18-9-8-15(27)11-20(18)31-23(24)33/h1-11,19,22H,12H2,(H,31,33)(H,32,34). The number of fused-ring (bicyclic) bond motifs is 2. The van der Waals surface area contributed by atoms with Gasteiger partial charge in [0, 0.05) is 28.1 Å². The number of piperidine rings is 1. The van der Waals surface area contributed by atoms with Gasteiger partial charge in [-0.25, -0.2) is 0 Å². The van der Waals surface area contributed by atoms with Gasteiger partial charge < -0.3 is 10.6 Å². The molecule has 3 atom stereocenters. The number of hydrogen-bond acceptors (Lipinski definition) is 2. The second-order valence-corrected chi connectivity index (χ2v) is 9.78. The first-order valence-corrected chi connectivity index (χ1v) is 11.6. The number of carbonyl (C=O) groups excluding carboxylic acids is 1. The fourth-order valence-corrected chi connectivity index (χ4v) is 5.93. The SMILES string of the molecule is O=C1Nc2cc(Cl)ccc2C12C(c1cccc(Cl)c1)CC(=S)NC2c1ccccc1C(F)(F)F. The van der Waals surface area contributed by atoms with Crippen LogP contribution in [0.15, 0.2) is 66.7 Å². The van der Waals surface area contributed by atoms with Gasteiger partial charge in [0.25, 0.3) is 0 Å². The summed E-state index contributed by atoms with van der Waals surface area (Å²) < 4.78 is 42.3. The fourth-order valence-electron chi connectivity index (χ4n) is 5.28. The van der Waals surface area contributed by atoms with Crippen LogP contribution in [-0.4, -0.2) is 10.9 Å². The smallest absolute Gasteiger partial charge is 0.371 e. The number of nitrogens with one attached hydrogen (secondary N) is 2. The highest BCUT2D eigenvalue weighted by atomic mass is 35.5. The van der Waals surface area contributed by atoms with Gasteiger partial charge in [-0.15, -0.1) is 0 Å². The van der Waals surface area contributed by atoms with Crippen molar-refractivity contribution in [3.05, 3.63) is 99.0 Å². The van der Waals surface area contributed by atoms with E-state index in [2.05, 4.69) is 10.6 Å². The first-order chi connectivity index (χ1) is 16.1. The number of benzene rings is 3. The number of rotatable bonds is 2. The zero-order valence-electron chi connectivity index (χ0n) is 17.4. The molecule has 0 aliphatic carbocycles. The molecule has 3 aromatic rings. The van der Waals surface area contributed by atoms with E-state index >= 15 is 0 Å². The van der Waals surface area contributed by atoms with E-state index in [1.54, 1.807) is 36.4 Å². The summed E-state index contributed by atoms with van der Waals surface area (Å²) in [5.41, 5.74) is -0.575. The van der Waals surface area contributed by atoms with Crippen LogP contribution in [0.1, 0.15) is 40.6 Å². The summed E-state index contributed by atoms with van der Waals surface area (Å²) in [4.78, 5) is 14.3. The first kappa shape index (κ1) is 23.1. The molecule has 1 fully saturated rings. The number of carbonyl (C=O) groups is 1. The number of halogens is 5. The Morgan fingerprint density at radius 2 is 1.71 bits per heavy atom. The number of thiocarbonyl (C=S) groups is 1. The molecule has 1 spiro atoms. The molecule has 0 radical (unpaired) electrons. The van der Waals surface area contributed by atoms with Crippen LogP contribution in [0.3, 0.4) is 0 Å². The molecule has 1 amide bonds. The van der Waals surface area contributed by atoms with E-state index in [-0.39, 0.29) is 12.0 Å². The van der Waals surface area contributed by atoms with Crippen LogP contribution < -0.4 is 10.6 Å². The zero-order valence-corrected chi connectivity index (χ0v) is 19.7. The summed E-state index contributed by atoms with van der Waals surface area (Å²) in [6, 6.07) is 16.1. The summed E-state index contributed by atoms with van der Waals surface area (Å²) >= 11 is 18.0. The van der Waals surface area contributed by atoms with E-state index in [9.17, 15) is 18.0 Å². The summed E-state index contributed by atoms with van der Waals surface area (Å²) in [6.45, 7) is 0. The van der Waals surface area contributed by atoms with Crippen LogP contribution in [-0.2, 0) is 16.4 Å². The lowest BCUT2D eigenvalue weighted by molar-refractivity contribution is -0.139. The maximum atomic E-state index is 14.1. The van der Waals surface area contributed by atoms with Crippen molar-refractivity contribution in [2.75, 3.05) is 5.32 Å². The minimum Gasteiger partial charge on any atom is -0.371 e. The van der Waals surface area contributed by atoms with Gasteiger partial charge in [0.15, 0.2) is 0 Å². The molecule has 3 aromatic carbocycles. The maximum Gasteiger partial charge on any atom is 0.416 e. The summed E-state index contributed by atoms with van der Waals surface area (Å²) in [6.07, 6.45) is -4.36. The molecule has 5 rings (SSSR count). The molecule has 34 heavy (non-hydrogen) atoms. The second kappa shape index (κ2) is 8.26. The number of anilines is 1. The lowest BCUT2D eigenvalue weighted by Crippen LogP contribution is -2.56. The molecule has 3 unspecified atom stereocenters. The summed E-state index contributed by atoms with van der Waals surface area (Å²) in [5, 5.41) is 6.81.